The predicted molar refractivity (Wildman–Crippen MR) is 105 cm³/mol. The minimum absolute atomic E-state index is 0.206. The average Bonchev–Trinajstić information content (AvgIpc) is 3.31. The van der Waals surface area contributed by atoms with Gasteiger partial charge in [0.1, 0.15) is 5.82 Å². The summed E-state index contributed by atoms with van der Waals surface area (Å²) in [5.41, 5.74) is 1.75. The molecular weight excluding hydrogens is 356 g/mol. The summed E-state index contributed by atoms with van der Waals surface area (Å²) in [7, 11) is 0. The van der Waals surface area contributed by atoms with Gasteiger partial charge in [0.25, 0.3) is 5.91 Å². The van der Waals surface area contributed by atoms with Crippen molar-refractivity contribution in [2.45, 2.75) is 25.9 Å². The lowest BCUT2D eigenvalue weighted by Crippen LogP contribution is -2.29. The van der Waals surface area contributed by atoms with Crippen molar-refractivity contribution in [3.63, 3.8) is 0 Å². The normalized spacial score (nSPS) is 12.3. The monoisotopic (exact) mass is 376 g/mol. The minimum atomic E-state index is -0.345. The fourth-order valence-corrected chi connectivity index (χ4v) is 3.14. The van der Waals surface area contributed by atoms with Crippen molar-refractivity contribution in [2.24, 2.45) is 0 Å². The molecule has 0 aliphatic carbocycles. The van der Waals surface area contributed by atoms with Gasteiger partial charge in [0.05, 0.1) is 6.54 Å². The van der Waals surface area contributed by atoms with E-state index in [1.165, 1.54) is 0 Å². The van der Waals surface area contributed by atoms with Crippen LogP contribution in [0.3, 0.4) is 0 Å². The van der Waals surface area contributed by atoms with Gasteiger partial charge in [-0.2, -0.15) is 0 Å². The van der Waals surface area contributed by atoms with Gasteiger partial charge in [0.15, 0.2) is 5.82 Å². The largest absolute Gasteiger partial charge is 0.331 e. The molecule has 1 aromatic heterocycles. The molecule has 0 atom stereocenters. The quantitative estimate of drug-likeness (QED) is 0.637. The number of amides is 3. The second kappa shape index (κ2) is 7.91. The lowest BCUT2D eigenvalue weighted by atomic mass is 10.2. The maximum absolute atomic E-state index is 12.2. The second-order valence-corrected chi connectivity index (χ2v) is 6.50. The Labute approximate surface area is 162 Å². The van der Waals surface area contributed by atoms with E-state index < -0.39 is 0 Å². The number of carbonyl (C=O) groups is 2. The van der Waals surface area contributed by atoms with Crippen LogP contribution in [0.15, 0.2) is 54.6 Å². The van der Waals surface area contributed by atoms with E-state index in [9.17, 15) is 9.59 Å². The molecule has 0 saturated heterocycles. The number of aryl methyl sites for hydroxylation is 1. The molecule has 2 aromatic carbocycles. The fraction of sp³-hybridized carbons (Fsp3) is 0.200. The number of carbonyl (C=O) groups excluding carboxylic acids is 2. The predicted octanol–water partition coefficient (Wildman–Crippen LogP) is 2.80. The van der Waals surface area contributed by atoms with Crippen LogP contribution < -0.4 is 16.0 Å². The number of nitrogens with one attached hydrogen (secondary N) is 3. The molecule has 0 saturated carbocycles. The van der Waals surface area contributed by atoms with Crippen LogP contribution in [0.2, 0.25) is 0 Å². The molecule has 1 aliphatic heterocycles. The zero-order valence-corrected chi connectivity index (χ0v) is 15.2. The van der Waals surface area contributed by atoms with E-state index >= 15 is 0 Å². The first-order valence-electron chi connectivity index (χ1n) is 9.11. The van der Waals surface area contributed by atoms with Gasteiger partial charge >= 0.3 is 6.03 Å². The molecule has 0 bridgehead atoms. The Morgan fingerprint density at radius 2 is 1.75 bits per heavy atom. The highest BCUT2D eigenvalue weighted by atomic mass is 16.2. The van der Waals surface area contributed by atoms with Gasteiger partial charge in [-0.1, -0.05) is 24.3 Å². The van der Waals surface area contributed by atoms with Crippen LogP contribution in [0.4, 0.5) is 16.2 Å². The highest BCUT2D eigenvalue weighted by Crippen LogP contribution is 2.17. The first-order chi connectivity index (χ1) is 13.7. The molecule has 4 rings (SSSR count). The van der Waals surface area contributed by atoms with Crippen molar-refractivity contribution in [3.05, 3.63) is 71.8 Å². The van der Waals surface area contributed by atoms with Crippen molar-refractivity contribution >= 4 is 23.3 Å². The molecule has 3 amide bonds. The van der Waals surface area contributed by atoms with Gasteiger partial charge in [-0.05, 0) is 36.8 Å². The van der Waals surface area contributed by atoms with E-state index in [1.54, 1.807) is 36.4 Å². The molecule has 0 fully saturated rings. The van der Waals surface area contributed by atoms with Crippen molar-refractivity contribution < 1.29 is 9.59 Å². The first kappa shape index (κ1) is 17.7. The fourth-order valence-electron chi connectivity index (χ4n) is 3.14. The van der Waals surface area contributed by atoms with Crippen molar-refractivity contribution in [2.75, 3.05) is 10.6 Å². The number of nitrogens with zero attached hydrogens (tertiary/aromatic N) is 3. The van der Waals surface area contributed by atoms with Gasteiger partial charge in [-0.25, -0.2) is 4.79 Å². The number of rotatable bonds is 5. The number of aromatic nitrogens is 3. The Balaban J connectivity index is 1.33. The summed E-state index contributed by atoms with van der Waals surface area (Å²) >= 11 is 0. The zero-order valence-electron chi connectivity index (χ0n) is 15.2. The summed E-state index contributed by atoms with van der Waals surface area (Å²) in [4.78, 5) is 24.4. The van der Waals surface area contributed by atoms with Gasteiger partial charge in [0.2, 0.25) is 0 Å². The molecule has 3 aromatic rings. The highest BCUT2D eigenvalue weighted by molar-refractivity contribution is 6.04. The van der Waals surface area contributed by atoms with Crippen molar-refractivity contribution in [1.82, 2.24) is 20.1 Å². The van der Waals surface area contributed by atoms with Crippen molar-refractivity contribution in [1.29, 1.82) is 0 Å². The van der Waals surface area contributed by atoms with Crippen LogP contribution >= 0.6 is 0 Å². The average molecular weight is 376 g/mol. The number of benzene rings is 2. The smallest absolute Gasteiger partial charge is 0.319 e. The molecular formula is C20H20N6O2. The van der Waals surface area contributed by atoms with Crippen LogP contribution in [-0.2, 0) is 19.5 Å². The maximum Gasteiger partial charge on any atom is 0.319 e. The van der Waals surface area contributed by atoms with E-state index in [2.05, 4.69) is 26.1 Å². The first-order valence-corrected chi connectivity index (χ1v) is 9.11. The molecule has 0 radical (unpaired) electrons. The molecule has 8 nitrogen and oxygen atoms in total. The van der Waals surface area contributed by atoms with Gasteiger partial charge in [-0.3, -0.25) is 4.79 Å². The number of urea groups is 1. The molecule has 3 N–H and O–H groups in total. The van der Waals surface area contributed by atoms with Gasteiger partial charge in [0, 0.05) is 29.9 Å². The third-order valence-corrected chi connectivity index (χ3v) is 4.51. The van der Waals surface area contributed by atoms with Gasteiger partial charge in [-0.15, -0.1) is 10.2 Å². The molecule has 142 valence electrons. The third-order valence-electron chi connectivity index (χ3n) is 4.51. The number of fused-ring (bicyclic) bond motifs is 1. The van der Waals surface area contributed by atoms with Crippen molar-refractivity contribution in [3.8, 4) is 0 Å². The summed E-state index contributed by atoms with van der Waals surface area (Å²) in [6, 6.07) is 15.6. The molecule has 0 spiro atoms. The lowest BCUT2D eigenvalue weighted by Gasteiger charge is -2.10. The Hall–Kier alpha value is -3.68. The van der Waals surface area contributed by atoms with Crippen LogP contribution in [0.5, 0.6) is 0 Å². The molecule has 28 heavy (non-hydrogen) atoms. The number of hydrogen-bond acceptors (Lipinski definition) is 4. The molecule has 2 heterocycles. The molecule has 1 aliphatic rings. The van der Waals surface area contributed by atoms with Crippen LogP contribution in [-0.4, -0.2) is 26.7 Å². The van der Waals surface area contributed by atoms with E-state index in [1.807, 2.05) is 22.8 Å². The summed E-state index contributed by atoms with van der Waals surface area (Å²) < 4.78 is 2.04. The Morgan fingerprint density at radius 3 is 2.57 bits per heavy atom. The Kier molecular flexibility index (Phi) is 5.01. The van der Waals surface area contributed by atoms with E-state index in [0.717, 1.165) is 31.0 Å². The molecule has 8 heteroatoms. The van der Waals surface area contributed by atoms with Gasteiger partial charge < -0.3 is 20.5 Å². The van der Waals surface area contributed by atoms with Crippen LogP contribution in [0.25, 0.3) is 0 Å². The summed E-state index contributed by atoms with van der Waals surface area (Å²) in [5.74, 6) is 1.52. The SMILES string of the molecule is O=C(NCc1nnc2n1CCC2)Nc1cccc(NC(=O)c2ccccc2)c1. The Morgan fingerprint density at radius 1 is 0.964 bits per heavy atom. The van der Waals surface area contributed by atoms with Crippen LogP contribution in [0, 0.1) is 0 Å². The summed E-state index contributed by atoms with van der Waals surface area (Å²) in [6.07, 6.45) is 1.99. The van der Waals surface area contributed by atoms with Crippen LogP contribution in [0.1, 0.15) is 28.4 Å². The van der Waals surface area contributed by atoms with E-state index in [-0.39, 0.29) is 11.9 Å². The highest BCUT2D eigenvalue weighted by Gasteiger charge is 2.17. The maximum atomic E-state index is 12.2. The van der Waals surface area contributed by atoms with E-state index in [0.29, 0.717) is 23.5 Å². The number of anilines is 2. The topological polar surface area (TPSA) is 101 Å². The summed E-state index contributed by atoms with van der Waals surface area (Å²) in [6.45, 7) is 1.20. The summed E-state index contributed by atoms with van der Waals surface area (Å²) in [5, 5.41) is 16.6. The minimum Gasteiger partial charge on any atom is -0.331 e. The van der Waals surface area contributed by atoms with E-state index in [4.69, 9.17) is 0 Å². The Bertz CT molecular complexity index is 999. The molecule has 0 unspecified atom stereocenters. The zero-order chi connectivity index (χ0) is 19.3. The third kappa shape index (κ3) is 4.01. The second-order valence-electron chi connectivity index (χ2n) is 6.50. The number of hydrogen-bond donors (Lipinski definition) is 3. The lowest BCUT2D eigenvalue weighted by molar-refractivity contribution is 0.102. The standard InChI is InChI=1S/C20H20N6O2/c27-19(14-6-2-1-3-7-14)22-15-8-4-9-16(12-15)23-20(28)21-13-18-25-24-17-10-5-11-26(17)18/h1-4,6-9,12H,5,10-11,13H2,(H,22,27)(H2,21,23,28).